The summed E-state index contributed by atoms with van der Waals surface area (Å²) in [6, 6.07) is 6.32. The van der Waals surface area contributed by atoms with Gasteiger partial charge >= 0.3 is 0 Å². The minimum Gasteiger partial charge on any atom is -0.488 e. The Morgan fingerprint density at radius 1 is 1.12 bits per heavy atom. The van der Waals surface area contributed by atoms with E-state index in [1.54, 1.807) is 12.1 Å². The lowest BCUT2D eigenvalue weighted by Crippen LogP contribution is -2.24. The van der Waals surface area contributed by atoms with E-state index in [9.17, 15) is 9.59 Å². The fraction of sp³-hybridized carbons (Fsp3) is 0.333. The second-order valence-corrected chi connectivity index (χ2v) is 4.43. The highest BCUT2D eigenvalue weighted by molar-refractivity contribution is 6.42. The highest BCUT2D eigenvalue weighted by Gasteiger charge is 2.14. The van der Waals surface area contributed by atoms with E-state index in [0.29, 0.717) is 5.75 Å². The third kappa shape index (κ3) is 3.38. The van der Waals surface area contributed by atoms with Gasteiger partial charge in [-0.3, -0.25) is 9.59 Å². The van der Waals surface area contributed by atoms with Crippen molar-refractivity contribution in [1.82, 2.24) is 0 Å². The molecule has 4 nitrogen and oxygen atoms in total. The first kappa shape index (κ1) is 12.2. The molecule has 0 saturated carbocycles. The van der Waals surface area contributed by atoms with E-state index in [4.69, 9.17) is 10.5 Å². The number of carbonyl (C=O) groups is 2. The fourth-order valence-corrected chi connectivity index (χ4v) is 1.17. The van der Waals surface area contributed by atoms with Crippen molar-refractivity contribution in [3.8, 4) is 5.75 Å². The lowest BCUT2D eigenvalue weighted by atomic mass is 10.1. The molecule has 1 rings (SSSR count). The van der Waals surface area contributed by atoms with Crippen LogP contribution in [0, 0.1) is 0 Å². The Bertz CT molecular complexity index is 401. The van der Waals surface area contributed by atoms with Gasteiger partial charge in [0.2, 0.25) is 5.78 Å². The van der Waals surface area contributed by atoms with Crippen molar-refractivity contribution in [2.75, 3.05) is 0 Å². The SMILES string of the molecule is CC(C)(C)Oc1ccc(C(=O)C(N)=O)cc1. The molecule has 0 aliphatic heterocycles. The van der Waals surface area contributed by atoms with Crippen LogP contribution in [0.2, 0.25) is 0 Å². The van der Waals surface area contributed by atoms with Crippen LogP contribution in [0.5, 0.6) is 5.75 Å². The van der Waals surface area contributed by atoms with Gasteiger partial charge in [0.25, 0.3) is 5.91 Å². The number of hydrogen-bond acceptors (Lipinski definition) is 3. The number of amides is 1. The van der Waals surface area contributed by atoms with E-state index in [-0.39, 0.29) is 11.2 Å². The van der Waals surface area contributed by atoms with E-state index in [0.717, 1.165) is 0 Å². The number of rotatable bonds is 3. The number of carbonyl (C=O) groups excluding carboxylic acids is 2. The van der Waals surface area contributed by atoms with Crippen molar-refractivity contribution in [3.63, 3.8) is 0 Å². The van der Waals surface area contributed by atoms with Gasteiger partial charge in [0, 0.05) is 5.56 Å². The second-order valence-electron chi connectivity index (χ2n) is 4.43. The first-order valence-electron chi connectivity index (χ1n) is 4.93. The van der Waals surface area contributed by atoms with Crippen molar-refractivity contribution in [2.45, 2.75) is 26.4 Å². The summed E-state index contributed by atoms with van der Waals surface area (Å²) in [6.07, 6.45) is 0. The van der Waals surface area contributed by atoms with E-state index >= 15 is 0 Å². The molecule has 16 heavy (non-hydrogen) atoms. The first-order chi connectivity index (χ1) is 7.29. The smallest absolute Gasteiger partial charge is 0.289 e. The topological polar surface area (TPSA) is 69.4 Å². The largest absolute Gasteiger partial charge is 0.488 e. The van der Waals surface area contributed by atoms with Gasteiger partial charge in [0.1, 0.15) is 11.4 Å². The van der Waals surface area contributed by atoms with Crippen LogP contribution in [0.3, 0.4) is 0 Å². The molecule has 0 aliphatic rings. The third-order valence-corrected chi connectivity index (χ3v) is 1.76. The van der Waals surface area contributed by atoms with Crippen LogP contribution in [-0.2, 0) is 4.79 Å². The summed E-state index contributed by atoms with van der Waals surface area (Å²) < 4.78 is 5.57. The standard InChI is InChI=1S/C12H15NO3/c1-12(2,3)16-9-6-4-8(5-7-9)10(14)11(13)15/h4-7H,1-3H3,(H2,13,15). The highest BCUT2D eigenvalue weighted by Crippen LogP contribution is 2.18. The maximum atomic E-state index is 11.2. The van der Waals surface area contributed by atoms with E-state index < -0.39 is 11.7 Å². The van der Waals surface area contributed by atoms with Gasteiger partial charge in [-0.15, -0.1) is 0 Å². The number of ketones is 1. The van der Waals surface area contributed by atoms with Crippen molar-refractivity contribution >= 4 is 11.7 Å². The van der Waals surface area contributed by atoms with E-state index in [2.05, 4.69) is 0 Å². The molecule has 1 aromatic rings. The second kappa shape index (κ2) is 4.35. The molecule has 0 saturated heterocycles. The zero-order valence-electron chi connectivity index (χ0n) is 9.61. The minimum absolute atomic E-state index is 0.272. The Kier molecular flexibility index (Phi) is 3.32. The zero-order valence-corrected chi connectivity index (χ0v) is 9.61. The Hall–Kier alpha value is -1.84. The lowest BCUT2D eigenvalue weighted by Gasteiger charge is -2.21. The summed E-state index contributed by atoms with van der Waals surface area (Å²) in [7, 11) is 0. The van der Waals surface area contributed by atoms with Crippen LogP contribution < -0.4 is 10.5 Å². The van der Waals surface area contributed by atoms with Gasteiger partial charge in [-0.25, -0.2) is 0 Å². The summed E-state index contributed by atoms with van der Waals surface area (Å²) in [4.78, 5) is 21.9. The van der Waals surface area contributed by atoms with Crippen molar-refractivity contribution in [3.05, 3.63) is 29.8 Å². The van der Waals surface area contributed by atoms with Crippen molar-refractivity contribution < 1.29 is 14.3 Å². The molecule has 0 aliphatic carbocycles. The van der Waals surface area contributed by atoms with Crippen molar-refractivity contribution in [1.29, 1.82) is 0 Å². The molecule has 86 valence electrons. The molecular weight excluding hydrogens is 206 g/mol. The summed E-state index contributed by atoms with van der Waals surface area (Å²) in [5.41, 5.74) is 4.86. The number of ether oxygens (including phenoxy) is 1. The lowest BCUT2D eigenvalue weighted by molar-refractivity contribution is -0.114. The van der Waals surface area contributed by atoms with Gasteiger partial charge < -0.3 is 10.5 Å². The van der Waals surface area contributed by atoms with Crippen LogP contribution in [0.25, 0.3) is 0 Å². The van der Waals surface area contributed by atoms with E-state index in [1.807, 2.05) is 20.8 Å². The molecule has 1 amide bonds. The molecule has 4 heteroatoms. The summed E-state index contributed by atoms with van der Waals surface area (Å²) in [5.74, 6) is -1.000. The number of primary amides is 1. The van der Waals surface area contributed by atoms with E-state index in [1.165, 1.54) is 12.1 Å². The summed E-state index contributed by atoms with van der Waals surface area (Å²) in [5, 5.41) is 0. The number of nitrogens with two attached hydrogens (primary N) is 1. The average molecular weight is 221 g/mol. The number of hydrogen-bond donors (Lipinski definition) is 1. The molecule has 0 radical (unpaired) electrons. The molecular formula is C12H15NO3. The summed E-state index contributed by atoms with van der Waals surface area (Å²) in [6.45, 7) is 5.78. The maximum absolute atomic E-state index is 11.2. The monoisotopic (exact) mass is 221 g/mol. The molecule has 0 bridgehead atoms. The van der Waals surface area contributed by atoms with Crippen LogP contribution in [0.4, 0.5) is 0 Å². The normalized spacial score (nSPS) is 10.9. The summed E-state index contributed by atoms with van der Waals surface area (Å²) >= 11 is 0. The van der Waals surface area contributed by atoms with Gasteiger partial charge in [0.05, 0.1) is 0 Å². The fourth-order valence-electron chi connectivity index (χ4n) is 1.17. The molecule has 0 unspecified atom stereocenters. The maximum Gasteiger partial charge on any atom is 0.289 e. The minimum atomic E-state index is -0.954. The Morgan fingerprint density at radius 2 is 1.62 bits per heavy atom. The van der Waals surface area contributed by atoms with Crippen LogP contribution in [0.1, 0.15) is 31.1 Å². The Labute approximate surface area is 94.4 Å². The van der Waals surface area contributed by atoms with Gasteiger partial charge in [-0.1, -0.05) is 0 Å². The Morgan fingerprint density at radius 3 is 2.00 bits per heavy atom. The Balaban J connectivity index is 2.84. The zero-order chi connectivity index (χ0) is 12.3. The van der Waals surface area contributed by atoms with Crippen LogP contribution >= 0.6 is 0 Å². The molecule has 0 fully saturated rings. The predicted molar refractivity (Wildman–Crippen MR) is 60.3 cm³/mol. The molecule has 1 aromatic carbocycles. The number of benzene rings is 1. The first-order valence-corrected chi connectivity index (χ1v) is 4.93. The molecule has 0 spiro atoms. The van der Waals surface area contributed by atoms with Crippen LogP contribution in [0.15, 0.2) is 24.3 Å². The quantitative estimate of drug-likeness (QED) is 0.621. The van der Waals surface area contributed by atoms with Gasteiger partial charge in [-0.05, 0) is 45.0 Å². The van der Waals surface area contributed by atoms with Gasteiger partial charge in [-0.2, -0.15) is 0 Å². The average Bonchev–Trinajstić information content (AvgIpc) is 2.15. The third-order valence-electron chi connectivity index (χ3n) is 1.76. The molecule has 0 heterocycles. The van der Waals surface area contributed by atoms with Gasteiger partial charge in [0.15, 0.2) is 0 Å². The molecule has 0 atom stereocenters. The van der Waals surface area contributed by atoms with Crippen molar-refractivity contribution in [2.24, 2.45) is 5.73 Å². The highest BCUT2D eigenvalue weighted by atomic mass is 16.5. The molecule has 2 N–H and O–H groups in total. The molecule has 0 aromatic heterocycles. The van der Waals surface area contributed by atoms with Crippen LogP contribution in [-0.4, -0.2) is 17.3 Å². The predicted octanol–water partition coefficient (Wildman–Crippen LogP) is 1.53. The number of Topliss-reactive ketones (excluding diaryl/α,β-unsaturated/α-hetero) is 1.